The number of urea groups is 1. The molecule has 1 aromatic heterocycles. The number of benzene rings is 2. The molecule has 0 saturated carbocycles. The van der Waals surface area contributed by atoms with E-state index < -0.39 is 17.8 Å². The molecule has 212 valence electrons. The Hall–Kier alpha value is -3.28. The normalized spacial score (nSPS) is 19.4. The number of hydrogen-bond donors (Lipinski definition) is 2. The van der Waals surface area contributed by atoms with Crippen molar-refractivity contribution in [3.63, 3.8) is 0 Å². The number of nitrogens with zero attached hydrogens (tertiary/aromatic N) is 4. The van der Waals surface area contributed by atoms with Crippen molar-refractivity contribution in [3.8, 4) is 11.1 Å². The molecule has 2 N–H and O–H groups in total. The van der Waals surface area contributed by atoms with E-state index in [4.69, 9.17) is 0 Å². The molecule has 2 unspecified atom stereocenters. The Morgan fingerprint density at radius 3 is 2.48 bits per heavy atom. The number of nitrogens with one attached hydrogen (secondary N) is 1. The van der Waals surface area contributed by atoms with Crippen LogP contribution in [0.1, 0.15) is 28.7 Å². The summed E-state index contributed by atoms with van der Waals surface area (Å²) >= 11 is 1.57. The van der Waals surface area contributed by atoms with Gasteiger partial charge >= 0.3 is 12.2 Å². The van der Waals surface area contributed by atoms with Gasteiger partial charge < -0.3 is 20.2 Å². The van der Waals surface area contributed by atoms with Crippen molar-refractivity contribution in [2.75, 3.05) is 32.5 Å². The maximum Gasteiger partial charge on any atom is 0.417 e. The van der Waals surface area contributed by atoms with Gasteiger partial charge in [0.2, 0.25) is 0 Å². The lowest BCUT2D eigenvalue weighted by Crippen LogP contribution is -2.47. The topological polar surface area (TPSA) is 71.9 Å². The van der Waals surface area contributed by atoms with Gasteiger partial charge in [0.25, 0.3) is 0 Å². The van der Waals surface area contributed by atoms with Gasteiger partial charge in [0.15, 0.2) is 0 Å². The number of carbonyl (C=O) groups is 1. The number of aliphatic hydroxyl groups is 1. The number of aromatic nitrogens is 1. The third-order valence-electron chi connectivity index (χ3n) is 7.32. The van der Waals surface area contributed by atoms with Crippen LogP contribution in [0.2, 0.25) is 0 Å². The van der Waals surface area contributed by atoms with Crippen LogP contribution in [0, 0.1) is 6.92 Å². The quantitative estimate of drug-likeness (QED) is 0.387. The summed E-state index contributed by atoms with van der Waals surface area (Å²) in [6, 6.07) is 14.6. The second kappa shape index (κ2) is 11.3. The molecule has 0 spiro atoms. The van der Waals surface area contributed by atoms with Gasteiger partial charge in [-0.1, -0.05) is 18.2 Å². The Balaban J connectivity index is 1.17. The van der Waals surface area contributed by atoms with Gasteiger partial charge in [-0.15, -0.1) is 0 Å². The molecule has 11 heteroatoms. The number of pyridine rings is 1. The van der Waals surface area contributed by atoms with Gasteiger partial charge in [-0.25, -0.2) is 14.1 Å². The van der Waals surface area contributed by atoms with Crippen molar-refractivity contribution in [2.45, 2.75) is 49.7 Å². The Morgan fingerprint density at radius 2 is 1.85 bits per heavy atom. The molecule has 5 rings (SSSR count). The van der Waals surface area contributed by atoms with Gasteiger partial charge in [0, 0.05) is 51.4 Å². The van der Waals surface area contributed by atoms with Crippen molar-refractivity contribution < 1.29 is 23.1 Å². The lowest BCUT2D eigenvalue weighted by Gasteiger charge is -2.35. The van der Waals surface area contributed by atoms with E-state index in [1.54, 1.807) is 30.9 Å². The van der Waals surface area contributed by atoms with E-state index in [1.165, 1.54) is 22.8 Å². The number of β-amino-alcohol motifs (C(OH)–C–C–N with tert-alkyl or cyclic N) is 1. The van der Waals surface area contributed by atoms with E-state index in [1.807, 2.05) is 4.90 Å². The van der Waals surface area contributed by atoms with Gasteiger partial charge in [-0.3, -0.25) is 0 Å². The van der Waals surface area contributed by atoms with E-state index in [0.29, 0.717) is 38.4 Å². The number of amides is 2. The average molecular weight is 572 g/mol. The van der Waals surface area contributed by atoms with Crippen LogP contribution in [0.4, 0.5) is 23.8 Å². The summed E-state index contributed by atoms with van der Waals surface area (Å²) in [6.07, 6.45) is -3.70. The SMILES string of the molecule is Cc1cc(-c2ccc(SN3CCC(Nc4ccc(C(F)(F)F)cn4)C(O)C3)cc2)cc2c1CN(C(=O)N(C)C)C2. The number of rotatable bonds is 5. The standard InChI is InChI=1S/C29H32F3N5O2S/c1-18-12-20(13-21-15-36(16-24(18)21)28(39)35(2)3)19-4-7-23(8-5-19)40-37-11-10-25(26(38)17-37)34-27-9-6-22(14-33-27)29(30,31)32/h4-9,12-14,25-26,38H,10-11,15-17H2,1-3H3,(H,33,34). The number of carbonyl (C=O) groups excluding carboxylic acids is 1. The predicted octanol–water partition coefficient (Wildman–Crippen LogP) is 5.63. The molecule has 2 aromatic carbocycles. The molecule has 0 aliphatic carbocycles. The summed E-state index contributed by atoms with van der Waals surface area (Å²) in [6.45, 7) is 4.45. The molecule has 0 bridgehead atoms. The molecule has 0 radical (unpaired) electrons. The number of aryl methyl sites for hydroxylation is 1. The van der Waals surface area contributed by atoms with Gasteiger partial charge in [-0.2, -0.15) is 13.2 Å². The molecule has 3 aromatic rings. The van der Waals surface area contributed by atoms with Crippen LogP contribution >= 0.6 is 11.9 Å². The fourth-order valence-electron chi connectivity index (χ4n) is 5.14. The van der Waals surface area contributed by atoms with Crippen molar-refractivity contribution >= 4 is 23.8 Å². The summed E-state index contributed by atoms with van der Waals surface area (Å²) in [5.41, 5.74) is 4.99. The molecule has 40 heavy (non-hydrogen) atoms. The van der Waals surface area contributed by atoms with Crippen LogP contribution in [-0.2, 0) is 19.3 Å². The highest BCUT2D eigenvalue weighted by atomic mass is 32.2. The monoisotopic (exact) mass is 571 g/mol. The molecule has 1 saturated heterocycles. The second-order valence-corrected chi connectivity index (χ2v) is 11.7. The summed E-state index contributed by atoms with van der Waals surface area (Å²) in [7, 11) is 3.54. The van der Waals surface area contributed by atoms with E-state index in [9.17, 15) is 23.1 Å². The highest BCUT2D eigenvalue weighted by Crippen LogP contribution is 2.34. The van der Waals surface area contributed by atoms with Crippen molar-refractivity contribution in [3.05, 3.63) is 77.0 Å². The van der Waals surface area contributed by atoms with Crippen LogP contribution in [0.25, 0.3) is 11.1 Å². The lowest BCUT2D eigenvalue weighted by atomic mass is 9.96. The van der Waals surface area contributed by atoms with Gasteiger partial charge in [0.05, 0.1) is 17.7 Å². The first-order valence-corrected chi connectivity index (χ1v) is 13.8. The number of alkyl halides is 3. The minimum Gasteiger partial charge on any atom is -0.390 e. The minimum atomic E-state index is -4.43. The molecule has 2 aliphatic heterocycles. The Morgan fingerprint density at radius 1 is 1.10 bits per heavy atom. The molecule has 2 amide bonds. The van der Waals surface area contributed by atoms with E-state index in [0.717, 1.165) is 28.3 Å². The molecule has 3 heterocycles. The average Bonchev–Trinajstić information content (AvgIpc) is 3.35. The first-order chi connectivity index (χ1) is 19.0. The lowest BCUT2D eigenvalue weighted by molar-refractivity contribution is -0.137. The molecule has 2 aliphatic rings. The zero-order valence-corrected chi connectivity index (χ0v) is 23.4. The Bertz CT molecular complexity index is 1370. The third-order valence-corrected chi connectivity index (χ3v) is 8.39. The largest absolute Gasteiger partial charge is 0.417 e. The highest BCUT2D eigenvalue weighted by molar-refractivity contribution is 7.97. The van der Waals surface area contributed by atoms with Crippen LogP contribution in [0.5, 0.6) is 0 Å². The number of fused-ring (bicyclic) bond motifs is 1. The van der Waals surface area contributed by atoms with Crippen LogP contribution in [-0.4, -0.2) is 69.6 Å². The summed E-state index contributed by atoms with van der Waals surface area (Å²) in [5, 5.41) is 13.8. The summed E-state index contributed by atoms with van der Waals surface area (Å²) < 4.78 is 40.4. The Labute approximate surface area is 236 Å². The van der Waals surface area contributed by atoms with E-state index in [-0.39, 0.29) is 12.1 Å². The fraction of sp³-hybridized carbons (Fsp3) is 0.379. The molecule has 1 fully saturated rings. The van der Waals surface area contributed by atoms with Gasteiger partial charge in [0.1, 0.15) is 5.82 Å². The fourth-order valence-corrected chi connectivity index (χ4v) is 6.12. The first kappa shape index (κ1) is 28.3. The summed E-state index contributed by atoms with van der Waals surface area (Å²) in [4.78, 5) is 20.8. The molecular formula is C29H32F3N5O2S. The number of halogens is 3. The van der Waals surface area contributed by atoms with Crippen molar-refractivity contribution in [2.24, 2.45) is 0 Å². The van der Waals surface area contributed by atoms with Gasteiger partial charge in [-0.05, 0) is 83.4 Å². The van der Waals surface area contributed by atoms with Crippen LogP contribution in [0.3, 0.4) is 0 Å². The van der Waals surface area contributed by atoms with Crippen LogP contribution in [0.15, 0.2) is 59.6 Å². The van der Waals surface area contributed by atoms with Crippen molar-refractivity contribution in [1.82, 2.24) is 19.1 Å². The molecule has 2 atom stereocenters. The minimum absolute atomic E-state index is 0.0136. The molecular weight excluding hydrogens is 539 g/mol. The maximum atomic E-state index is 12.8. The van der Waals surface area contributed by atoms with Crippen molar-refractivity contribution in [1.29, 1.82) is 0 Å². The first-order valence-electron chi connectivity index (χ1n) is 13.1. The zero-order valence-electron chi connectivity index (χ0n) is 22.6. The maximum absolute atomic E-state index is 12.8. The number of anilines is 1. The number of aliphatic hydroxyl groups excluding tert-OH is 1. The zero-order chi connectivity index (χ0) is 28.6. The highest BCUT2D eigenvalue weighted by Gasteiger charge is 2.32. The smallest absolute Gasteiger partial charge is 0.390 e. The number of hydrogen-bond acceptors (Lipinski definition) is 6. The third kappa shape index (κ3) is 6.21. The summed E-state index contributed by atoms with van der Waals surface area (Å²) in [5.74, 6) is 0.313. The number of piperidine rings is 1. The van der Waals surface area contributed by atoms with Crippen LogP contribution < -0.4 is 5.32 Å². The second-order valence-electron chi connectivity index (χ2n) is 10.5. The van der Waals surface area contributed by atoms with E-state index in [2.05, 4.69) is 57.9 Å². The van der Waals surface area contributed by atoms with E-state index >= 15 is 0 Å². The predicted molar refractivity (Wildman–Crippen MR) is 150 cm³/mol. The molecule has 7 nitrogen and oxygen atoms in total. The Kier molecular flexibility index (Phi) is 7.98.